The van der Waals surface area contributed by atoms with Crippen molar-refractivity contribution in [3.63, 3.8) is 0 Å². The second-order valence-electron chi connectivity index (χ2n) is 7.02. The molecule has 138 valence electrons. The van der Waals surface area contributed by atoms with E-state index >= 15 is 0 Å². The van der Waals surface area contributed by atoms with Crippen molar-refractivity contribution in [2.45, 2.75) is 43.5 Å². The molecule has 2 heterocycles. The Bertz CT molecular complexity index is 1010. The number of H-pyrrole nitrogens is 2. The van der Waals surface area contributed by atoms with Gasteiger partial charge in [0.05, 0.1) is 16.3 Å². The number of amides is 1. The molecule has 0 aliphatic carbocycles. The third-order valence-electron chi connectivity index (χ3n) is 3.77. The van der Waals surface area contributed by atoms with Crippen molar-refractivity contribution in [3.05, 3.63) is 34.5 Å². The first kappa shape index (κ1) is 18.1. The number of benzene rings is 1. The van der Waals surface area contributed by atoms with E-state index in [-0.39, 0.29) is 17.0 Å². The number of nitrogens with one attached hydrogen (secondary N) is 3. The molecule has 1 atom stereocenters. The highest BCUT2D eigenvalue weighted by atomic mass is 32.2. The second kappa shape index (κ2) is 6.52. The zero-order valence-electron chi connectivity index (χ0n) is 15.0. The van der Waals surface area contributed by atoms with E-state index in [1.807, 2.05) is 20.8 Å². The zero-order chi connectivity index (χ0) is 19.1. The van der Waals surface area contributed by atoms with Crippen LogP contribution in [0.25, 0.3) is 11.0 Å². The Balaban J connectivity index is 1.71. The Labute approximate surface area is 153 Å². The summed E-state index contributed by atoms with van der Waals surface area (Å²) in [5, 5.41) is 11.1. The number of imidazole rings is 1. The summed E-state index contributed by atoms with van der Waals surface area (Å²) < 4.78 is 1.42. The Kier molecular flexibility index (Phi) is 4.53. The van der Waals surface area contributed by atoms with Crippen molar-refractivity contribution < 1.29 is 4.79 Å². The quantitative estimate of drug-likeness (QED) is 0.404. The maximum absolute atomic E-state index is 12.5. The van der Waals surface area contributed by atoms with Crippen LogP contribution in [0, 0.1) is 0 Å². The molecule has 9 nitrogen and oxygen atoms in total. The van der Waals surface area contributed by atoms with Crippen molar-refractivity contribution in [1.29, 1.82) is 0 Å². The molecule has 1 aromatic carbocycles. The van der Waals surface area contributed by atoms with E-state index in [2.05, 4.69) is 25.5 Å². The fourth-order valence-corrected chi connectivity index (χ4v) is 3.20. The predicted octanol–water partition coefficient (Wildman–Crippen LogP) is 1.58. The molecule has 5 N–H and O–H groups in total. The van der Waals surface area contributed by atoms with Crippen LogP contribution in [-0.4, -0.2) is 36.0 Å². The van der Waals surface area contributed by atoms with Gasteiger partial charge in [0.25, 0.3) is 0 Å². The van der Waals surface area contributed by atoms with Gasteiger partial charge in [-0.05, 0) is 25.1 Å². The first-order valence-electron chi connectivity index (χ1n) is 8.05. The molecule has 0 fully saturated rings. The number of carbonyl (C=O) groups excluding carboxylic acids is 1. The summed E-state index contributed by atoms with van der Waals surface area (Å²) in [7, 11) is 0. The summed E-state index contributed by atoms with van der Waals surface area (Å²) >= 11 is 1.23. The van der Waals surface area contributed by atoms with Crippen LogP contribution in [0.1, 0.15) is 33.5 Å². The van der Waals surface area contributed by atoms with Crippen LogP contribution in [0.4, 0.5) is 5.69 Å². The number of nitrogens with two attached hydrogens (primary N) is 1. The number of nitrogen functional groups attached to an aromatic ring is 1. The lowest BCUT2D eigenvalue weighted by molar-refractivity contribution is -0.115. The number of fused-ring (bicyclic) bond motifs is 1. The molecule has 10 heteroatoms. The number of thioether (sulfide) groups is 1. The average Bonchev–Trinajstić information content (AvgIpc) is 3.08. The molecule has 2 aromatic heterocycles. The number of hydrogen-bond acceptors (Lipinski definition) is 6. The summed E-state index contributed by atoms with van der Waals surface area (Å²) in [6.07, 6.45) is 0. The lowest BCUT2D eigenvalue weighted by atomic mass is 9.96. The zero-order valence-corrected chi connectivity index (χ0v) is 15.8. The van der Waals surface area contributed by atoms with Gasteiger partial charge in [0.2, 0.25) is 11.1 Å². The normalized spacial score (nSPS) is 13.1. The van der Waals surface area contributed by atoms with Crippen molar-refractivity contribution >= 4 is 34.4 Å². The number of hydrogen-bond donors (Lipinski definition) is 4. The largest absolute Gasteiger partial charge is 0.336 e. The van der Waals surface area contributed by atoms with Crippen LogP contribution >= 0.6 is 11.8 Å². The van der Waals surface area contributed by atoms with Gasteiger partial charge in [-0.25, -0.2) is 9.47 Å². The first-order valence-corrected chi connectivity index (χ1v) is 8.93. The van der Waals surface area contributed by atoms with Crippen molar-refractivity contribution in [2.75, 3.05) is 11.2 Å². The Morgan fingerprint density at radius 1 is 1.27 bits per heavy atom. The number of nitrogens with zero attached hydrogens (tertiary/aromatic N) is 3. The highest BCUT2D eigenvalue weighted by molar-refractivity contribution is 8.00. The van der Waals surface area contributed by atoms with Gasteiger partial charge in [0, 0.05) is 11.1 Å². The topological polar surface area (TPSA) is 134 Å². The summed E-state index contributed by atoms with van der Waals surface area (Å²) in [4.78, 5) is 29.1. The van der Waals surface area contributed by atoms with E-state index in [1.54, 1.807) is 25.1 Å². The summed E-state index contributed by atoms with van der Waals surface area (Å²) in [6.45, 7) is 7.74. The molecule has 0 aliphatic heterocycles. The number of carbonyl (C=O) groups is 1. The minimum Gasteiger partial charge on any atom is -0.336 e. The van der Waals surface area contributed by atoms with Crippen LogP contribution < -0.4 is 16.8 Å². The van der Waals surface area contributed by atoms with Crippen LogP contribution in [0.3, 0.4) is 0 Å². The molecule has 0 saturated heterocycles. The first-order chi connectivity index (χ1) is 12.1. The standard InChI is InChI=1S/C16H21N7O2S/c1-8(26-15-22-21-13(23(15)17)16(2,3)4)12(24)18-9-5-6-10-11(7-9)20-14(25)19-10/h5-8H,17H2,1-4H3,(H,18,24)(H2,19,20,25). The van der Waals surface area contributed by atoms with Gasteiger partial charge in [-0.15, -0.1) is 10.2 Å². The highest BCUT2D eigenvalue weighted by Crippen LogP contribution is 2.26. The van der Waals surface area contributed by atoms with Gasteiger partial charge in [0.1, 0.15) is 0 Å². The van der Waals surface area contributed by atoms with Gasteiger partial charge in [-0.3, -0.25) is 4.79 Å². The molecule has 0 saturated carbocycles. The maximum atomic E-state index is 12.5. The SMILES string of the molecule is CC(Sc1nnc(C(C)(C)C)n1N)C(=O)Nc1ccc2[nH]c(=O)[nH]c2c1. The van der Waals surface area contributed by atoms with Gasteiger partial charge in [-0.2, -0.15) is 0 Å². The summed E-state index contributed by atoms with van der Waals surface area (Å²) in [5.74, 6) is 6.50. The molecule has 0 radical (unpaired) electrons. The van der Waals surface area contributed by atoms with Crippen LogP contribution in [0.15, 0.2) is 28.2 Å². The van der Waals surface area contributed by atoms with E-state index in [0.29, 0.717) is 27.7 Å². The molecule has 3 aromatic rings. The van der Waals surface area contributed by atoms with Crippen molar-refractivity contribution in [2.24, 2.45) is 0 Å². The van der Waals surface area contributed by atoms with Gasteiger partial charge >= 0.3 is 5.69 Å². The lowest BCUT2D eigenvalue weighted by Gasteiger charge is -2.17. The Morgan fingerprint density at radius 3 is 2.62 bits per heavy atom. The molecule has 1 amide bonds. The Hall–Kier alpha value is -2.75. The van der Waals surface area contributed by atoms with Gasteiger partial charge in [0.15, 0.2) is 5.82 Å². The summed E-state index contributed by atoms with van der Waals surface area (Å²) in [6, 6.07) is 5.16. The average molecular weight is 375 g/mol. The molecule has 3 rings (SSSR count). The number of rotatable bonds is 4. The molecular weight excluding hydrogens is 354 g/mol. The third-order valence-corrected chi connectivity index (χ3v) is 4.83. The minimum atomic E-state index is -0.435. The summed E-state index contributed by atoms with van der Waals surface area (Å²) in [5.41, 5.74) is 1.37. The second-order valence-corrected chi connectivity index (χ2v) is 8.32. The highest BCUT2D eigenvalue weighted by Gasteiger charge is 2.25. The van der Waals surface area contributed by atoms with Gasteiger partial charge < -0.3 is 21.1 Å². The van der Waals surface area contributed by atoms with E-state index in [1.165, 1.54) is 16.4 Å². The maximum Gasteiger partial charge on any atom is 0.323 e. The lowest BCUT2D eigenvalue weighted by Crippen LogP contribution is -2.26. The number of aromatic amines is 2. The fourth-order valence-electron chi connectivity index (χ4n) is 2.43. The third kappa shape index (κ3) is 3.59. The van der Waals surface area contributed by atoms with Crippen molar-refractivity contribution in [1.82, 2.24) is 24.8 Å². The Morgan fingerprint density at radius 2 is 1.96 bits per heavy atom. The molecule has 0 aliphatic rings. The smallest absolute Gasteiger partial charge is 0.323 e. The molecule has 0 spiro atoms. The van der Waals surface area contributed by atoms with Crippen LogP contribution in [-0.2, 0) is 10.2 Å². The van der Waals surface area contributed by atoms with Crippen LogP contribution in [0.2, 0.25) is 0 Å². The van der Waals surface area contributed by atoms with E-state index in [9.17, 15) is 9.59 Å². The molecular formula is C16H21N7O2S. The van der Waals surface area contributed by atoms with Gasteiger partial charge in [-0.1, -0.05) is 32.5 Å². The number of aromatic nitrogens is 5. The van der Waals surface area contributed by atoms with Crippen molar-refractivity contribution in [3.8, 4) is 0 Å². The molecule has 26 heavy (non-hydrogen) atoms. The van der Waals surface area contributed by atoms with E-state index in [0.717, 1.165) is 0 Å². The van der Waals surface area contributed by atoms with E-state index in [4.69, 9.17) is 5.84 Å². The van der Waals surface area contributed by atoms with Crippen LogP contribution in [0.5, 0.6) is 0 Å². The molecule has 0 bridgehead atoms. The molecule has 1 unspecified atom stereocenters. The minimum absolute atomic E-state index is 0.201. The monoisotopic (exact) mass is 375 g/mol. The van der Waals surface area contributed by atoms with E-state index < -0.39 is 5.25 Å². The predicted molar refractivity (Wildman–Crippen MR) is 102 cm³/mol. The fraction of sp³-hybridized carbons (Fsp3) is 0.375. The number of anilines is 1.